The summed E-state index contributed by atoms with van der Waals surface area (Å²) in [6, 6.07) is 6.37. The van der Waals surface area contributed by atoms with E-state index in [9.17, 15) is 9.18 Å². The Labute approximate surface area is 128 Å². The van der Waals surface area contributed by atoms with E-state index >= 15 is 0 Å². The molecule has 1 saturated heterocycles. The molecule has 1 aliphatic heterocycles. The lowest BCUT2D eigenvalue weighted by Crippen LogP contribution is -2.36. The van der Waals surface area contributed by atoms with Gasteiger partial charge >= 0.3 is 0 Å². The largest absolute Gasteiger partial charge is 0.326 e. The maximum atomic E-state index is 13.0. The Morgan fingerprint density at radius 3 is 3.10 bits per heavy atom. The third kappa shape index (κ3) is 4.69. The Bertz CT molecular complexity index is 558. The Kier molecular flexibility index (Phi) is 5.54. The molecule has 1 atom stereocenters. The van der Waals surface area contributed by atoms with Crippen LogP contribution in [0.25, 0.3) is 0 Å². The highest BCUT2D eigenvalue weighted by Crippen LogP contribution is 2.20. The summed E-state index contributed by atoms with van der Waals surface area (Å²) in [5, 5.41) is 11.6. The lowest BCUT2D eigenvalue weighted by atomic mass is 10.00. The van der Waals surface area contributed by atoms with Gasteiger partial charge in [-0.2, -0.15) is 5.26 Å². The van der Waals surface area contributed by atoms with E-state index in [4.69, 9.17) is 16.9 Å². The maximum absolute atomic E-state index is 13.0. The number of hydrogen-bond acceptors (Lipinski definition) is 3. The molecule has 0 saturated carbocycles. The van der Waals surface area contributed by atoms with Gasteiger partial charge in [0.05, 0.1) is 17.0 Å². The van der Waals surface area contributed by atoms with Gasteiger partial charge in [0.25, 0.3) is 0 Å². The smallest absolute Gasteiger partial charge is 0.225 e. The second kappa shape index (κ2) is 7.39. The maximum Gasteiger partial charge on any atom is 0.225 e. The van der Waals surface area contributed by atoms with Crippen LogP contribution in [0, 0.1) is 23.1 Å². The second-order valence-corrected chi connectivity index (χ2v) is 5.60. The molecule has 1 amide bonds. The lowest BCUT2D eigenvalue weighted by molar-refractivity contribution is -0.116. The molecular weight excluding hydrogens is 293 g/mol. The standard InChI is InChI=1S/C15H17ClFN3O/c16-13-8-12(3-4-14(13)17)19-15(21)5-7-20-6-1-2-11(9-18)10-20/h3-4,8,11H,1-2,5-7,10H2,(H,19,21)/t11-/m0/s1. The molecule has 2 rings (SSSR count). The van der Waals surface area contributed by atoms with Gasteiger partial charge in [-0.15, -0.1) is 0 Å². The van der Waals surface area contributed by atoms with Crippen LogP contribution in [0.5, 0.6) is 0 Å². The van der Waals surface area contributed by atoms with Gasteiger partial charge in [0.2, 0.25) is 5.91 Å². The van der Waals surface area contributed by atoms with E-state index in [1.165, 1.54) is 18.2 Å². The van der Waals surface area contributed by atoms with Crippen molar-refractivity contribution in [2.24, 2.45) is 5.92 Å². The monoisotopic (exact) mass is 309 g/mol. The highest BCUT2D eigenvalue weighted by molar-refractivity contribution is 6.31. The molecule has 1 fully saturated rings. The van der Waals surface area contributed by atoms with Gasteiger partial charge in [0.1, 0.15) is 5.82 Å². The SMILES string of the molecule is N#C[C@@H]1CCCN(CCC(=O)Nc2ccc(F)c(Cl)c2)C1. The molecule has 6 heteroatoms. The number of benzene rings is 1. The average molecular weight is 310 g/mol. The van der Waals surface area contributed by atoms with E-state index in [0.717, 1.165) is 25.9 Å². The predicted molar refractivity (Wildman–Crippen MR) is 79.4 cm³/mol. The molecular formula is C15H17ClFN3O. The number of nitrogens with zero attached hydrogens (tertiary/aromatic N) is 2. The molecule has 0 spiro atoms. The summed E-state index contributed by atoms with van der Waals surface area (Å²) in [6.07, 6.45) is 2.27. The van der Waals surface area contributed by atoms with Crippen molar-refractivity contribution in [1.82, 2.24) is 4.90 Å². The Morgan fingerprint density at radius 1 is 1.57 bits per heavy atom. The normalized spacial score (nSPS) is 19.0. The van der Waals surface area contributed by atoms with Gasteiger partial charge in [-0.3, -0.25) is 4.79 Å². The van der Waals surface area contributed by atoms with E-state index in [2.05, 4.69) is 16.3 Å². The number of hydrogen-bond donors (Lipinski definition) is 1. The topological polar surface area (TPSA) is 56.1 Å². The third-order valence-electron chi connectivity index (χ3n) is 3.55. The minimum absolute atomic E-state index is 0.0132. The number of rotatable bonds is 4. The Morgan fingerprint density at radius 2 is 2.38 bits per heavy atom. The van der Waals surface area contributed by atoms with Gasteiger partial charge in [0, 0.05) is 25.2 Å². The van der Waals surface area contributed by atoms with Crippen LogP contribution in [0.1, 0.15) is 19.3 Å². The summed E-state index contributed by atoms with van der Waals surface area (Å²) >= 11 is 5.66. The van der Waals surface area contributed by atoms with Crippen LogP contribution in [0.4, 0.5) is 10.1 Å². The molecule has 0 unspecified atom stereocenters. The first-order chi connectivity index (χ1) is 10.1. The molecule has 1 aromatic rings. The fourth-order valence-electron chi connectivity index (χ4n) is 2.42. The van der Waals surface area contributed by atoms with Gasteiger partial charge in [-0.1, -0.05) is 11.6 Å². The minimum atomic E-state index is -0.509. The molecule has 4 nitrogen and oxygen atoms in total. The van der Waals surface area contributed by atoms with Crippen molar-refractivity contribution in [2.75, 3.05) is 25.0 Å². The van der Waals surface area contributed by atoms with Crippen LogP contribution >= 0.6 is 11.6 Å². The Balaban J connectivity index is 1.79. The summed E-state index contributed by atoms with van der Waals surface area (Å²) in [7, 11) is 0. The van der Waals surface area contributed by atoms with E-state index < -0.39 is 5.82 Å². The van der Waals surface area contributed by atoms with Crippen LogP contribution in [0.15, 0.2) is 18.2 Å². The summed E-state index contributed by atoms with van der Waals surface area (Å²) in [6.45, 7) is 2.28. The van der Waals surface area contributed by atoms with Crippen molar-refractivity contribution in [3.8, 4) is 6.07 Å². The number of likely N-dealkylation sites (tertiary alicyclic amines) is 1. The first-order valence-electron chi connectivity index (χ1n) is 6.95. The van der Waals surface area contributed by atoms with Crippen molar-refractivity contribution in [1.29, 1.82) is 5.26 Å². The van der Waals surface area contributed by atoms with Crippen molar-refractivity contribution in [3.05, 3.63) is 29.0 Å². The van der Waals surface area contributed by atoms with Gasteiger partial charge in [-0.05, 0) is 37.6 Å². The van der Waals surface area contributed by atoms with Crippen LogP contribution in [0.3, 0.4) is 0 Å². The number of halogens is 2. The molecule has 1 aromatic carbocycles. The molecule has 21 heavy (non-hydrogen) atoms. The van der Waals surface area contributed by atoms with E-state index in [-0.39, 0.29) is 16.8 Å². The zero-order valence-corrected chi connectivity index (χ0v) is 12.4. The zero-order valence-electron chi connectivity index (χ0n) is 11.6. The van der Waals surface area contributed by atoms with Crippen LogP contribution in [0.2, 0.25) is 5.02 Å². The minimum Gasteiger partial charge on any atom is -0.326 e. The van der Waals surface area contributed by atoms with E-state index in [1.807, 2.05) is 0 Å². The molecule has 0 aromatic heterocycles. The van der Waals surface area contributed by atoms with Crippen molar-refractivity contribution < 1.29 is 9.18 Å². The summed E-state index contributed by atoms with van der Waals surface area (Å²) in [4.78, 5) is 14.0. The second-order valence-electron chi connectivity index (χ2n) is 5.20. The van der Waals surface area contributed by atoms with E-state index in [1.54, 1.807) is 0 Å². The Hall–Kier alpha value is -1.64. The van der Waals surface area contributed by atoms with Gasteiger partial charge in [-0.25, -0.2) is 4.39 Å². The fraction of sp³-hybridized carbons (Fsp3) is 0.467. The number of nitrogens with one attached hydrogen (secondary N) is 1. The third-order valence-corrected chi connectivity index (χ3v) is 3.84. The van der Waals surface area contributed by atoms with Crippen molar-refractivity contribution >= 4 is 23.2 Å². The predicted octanol–water partition coefficient (Wildman–Crippen LogP) is 3.04. The zero-order chi connectivity index (χ0) is 15.2. The number of carbonyl (C=O) groups is 1. The molecule has 1 N–H and O–H groups in total. The highest BCUT2D eigenvalue weighted by atomic mass is 35.5. The quantitative estimate of drug-likeness (QED) is 0.930. The number of amides is 1. The fourth-order valence-corrected chi connectivity index (χ4v) is 2.60. The van der Waals surface area contributed by atoms with Gasteiger partial charge < -0.3 is 10.2 Å². The number of nitriles is 1. The molecule has 1 aliphatic rings. The molecule has 0 bridgehead atoms. The summed E-state index contributed by atoms with van der Waals surface area (Å²) < 4.78 is 13.0. The number of anilines is 1. The molecule has 1 heterocycles. The lowest BCUT2D eigenvalue weighted by Gasteiger charge is -2.29. The summed E-state index contributed by atoms with van der Waals surface area (Å²) in [5.74, 6) is -0.583. The van der Waals surface area contributed by atoms with Crippen molar-refractivity contribution in [3.63, 3.8) is 0 Å². The number of piperidine rings is 1. The molecule has 0 radical (unpaired) electrons. The van der Waals surface area contributed by atoms with Crippen LogP contribution in [-0.2, 0) is 4.79 Å². The first kappa shape index (κ1) is 15.7. The first-order valence-corrected chi connectivity index (χ1v) is 7.33. The average Bonchev–Trinajstić information content (AvgIpc) is 2.49. The van der Waals surface area contributed by atoms with Crippen LogP contribution in [-0.4, -0.2) is 30.4 Å². The highest BCUT2D eigenvalue weighted by Gasteiger charge is 2.19. The van der Waals surface area contributed by atoms with E-state index in [0.29, 0.717) is 18.7 Å². The summed E-state index contributed by atoms with van der Waals surface area (Å²) in [5.41, 5.74) is 0.486. The number of carbonyl (C=O) groups excluding carboxylic acids is 1. The van der Waals surface area contributed by atoms with Crippen LogP contribution < -0.4 is 5.32 Å². The molecule has 112 valence electrons. The molecule has 0 aliphatic carbocycles. The van der Waals surface area contributed by atoms with Gasteiger partial charge in [0.15, 0.2) is 0 Å². The van der Waals surface area contributed by atoms with Crippen molar-refractivity contribution in [2.45, 2.75) is 19.3 Å².